The Kier molecular flexibility index (Phi) is 5.41. The van der Waals surface area contributed by atoms with Crippen molar-refractivity contribution < 1.29 is 17.9 Å². The third kappa shape index (κ3) is 3.74. The minimum atomic E-state index is -3.97. The van der Waals surface area contributed by atoms with Gasteiger partial charge in [-0.1, -0.05) is 6.07 Å². The Morgan fingerprint density at radius 1 is 1.10 bits per heavy atom. The van der Waals surface area contributed by atoms with E-state index in [-0.39, 0.29) is 4.90 Å². The number of benzene rings is 2. The van der Waals surface area contributed by atoms with Crippen molar-refractivity contribution in [1.82, 2.24) is 23.0 Å². The number of ether oxygens (including phenoxy) is 2. The highest BCUT2D eigenvalue weighted by Gasteiger charge is 2.28. The first-order valence-electron chi connectivity index (χ1n) is 8.86. The second kappa shape index (κ2) is 8.01. The van der Waals surface area contributed by atoms with Crippen LogP contribution in [0.3, 0.4) is 0 Å². The topological polar surface area (TPSA) is 108 Å². The van der Waals surface area contributed by atoms with Crippen LogP contribution >= 0.6 is 11.7 Å². The molecule has 0 amide bonds. The van der Waals surface area contributed by atoms with Crippen LogP contribution in [-0.2, 0) is 17.1 Å². The van der Waals surface area contributed by atoms with Crippen molar-refractivity contribution in [3.63, 3.8) is 0 Å². The maximum Gasteiger partial charge on any atom is 0.243 e. The van der Waals surface area contributed by atoms with Gasteiger partial charge in [0.15, 0.2) is 0 Å². The molecule has 0 aliphatic carbocycles. The van der Waals surface area contributed by atoms with Gasteiger partial charge in [-0.15, -0.1) is 0 Å². The first-order chi connectivity index (χ1) is 14.4. The number of methoxy groups -OCH3 is 2. The molecular weight excluding hydrogens is 426 g/mol. The molecule has 4 aromatic rings. The van der Waals surface area contributed by atoms with Crippen LogP contribution in [0.5, 0.6) is 11.5 Å². The molecule has 2 aromatic heterocycles. The largest absolute Gasteiger partial charge is 0.497 e. The average Bonchev–Trinajstić information content (AvgIpc) is 3.40. The van der Waals surface area contributed by atoms with E-state index in [1.807, 2.05) is 0 Å². The molecule has 30 heavy (non-hydrogen) atoms. The Hall–Kier alpha value is -3.02. The number of nitrogens with zero attached hydrogens (tertiary/aromatic N) is 4. The minimum Gasteiger partial charge on any atom is -0.497 e. The van der Waals surface area contributed by atoms with Gasteiger partial charge in [-0.2, -0.15) is 13.5 Å². The van der Waals surface area contributed by atoms with E-state index in [1.54, 1.807) is 54.3 Å². The molecule has 2 aromatic carbocycles. The molecule has 9 nitrogen and oxygen atoms in total. The molecular formula is C19H19N5O4S2. The van der Waals surface area contributed by atoms with Gasteiger partial charge >= 0.3 is 0 Å². The van der Waals surface area contributed by atoms with Crippen molar-refractivity contribution in [2.45, 2.75) is 10.9 Å². The first kappa shape index (κ1) is 20.3. The minimum absolute atomic E-state index is 0.0582. The SMILES string of the molecule is COc1cc(OC)cc(C(NS(=O)(=O)c2cccc3nsnc23)c2nccn2C)c1. The summed E-state index contributed by atoms with van der Waals surface area (Å²) < 4.78 is 50.3. The quantitative estimate of drug-likeness (QED) is 0.466. The number of fused-ring (bicyclic) bond motifs is 1. The molecule has 0 aliphatic rings. The van der Waals surface area contributed by atoms with E-state index in [0.29, 0.717) is 33.9 Å². The molecule has 1 atom stereocenters. The van der Waals surface area contributed by atoms with E-state index < -0.39 is 16.1 Å². The van der Waals surface area contributed by atoms with Gasteiger partial charge in [0.2, 0.25) is 10.0 Å². The predicted octanol–water partition coefficient (Wildman–Crippen LogP) is 2.51. The van der Waals surface area contributed by atoms with Crippen LogP contribution in [0.25, 0.3) is 11.0 Å². The van der Waals surface area contributed by atoms with E-state index in [9.17, 15) is 8.42 Å². The zero-order chi connectivity index (χ0) is 21.3. The number of hydrogen-bond donors (Lipinski definition) is 1. The highest BCUT2D eigenvalue weighted by atomic mass is 32.2. The summed E-state index contributed by atoms with van der Waals surface area (Å²) >= 11 is 0.967. The van der Waals surface area contributed by atoms with Crippen molar-refractivity contribution in [2.24, 2.45) is 7.05 Å². The number of sulfonamides is 1. The number of hydrogen-bond acceptors (Lipinski definition) is 8. The van der Waals surface area contributed by atoms with Gasteiger partial charge in [0, 0.05) is 25.5 Å². The molecule has 11 heteroatoms. The number of nitrogens with one attached hydrogen (secondary N) is 1. The van der Waals surface area contributed by atoms with Crippen LogP contribution in [0.2, 0.25) is 0 Å². The summed E-state index contributed by atoms with van der Waals surface area (Å²) in [7, 11) is 0.903. The van der Waals surface area contributed by atoms with Gasteiger partial charge in [-0.05, 0) is 29.8 Å². The highest BCUT2D eigenvalue weighted by molar-refractivity contribution is 7.89. The molecule has 0 radical (unpaired) electrons. The molecule has 0 bridgehead atoms. The lowest BCUT2D eigenvalue weighted by Gasteiger charge is -2.20. The Morgan fingerprint density at radius 2 is 1.83 bits per heavy atom. The van der Waals surface area contributed by atoms with Gasteiger partial charge in [-0.25, -0.2) is 13.4 Å². The third-order valence-corrected chi connectivity index (χ3v) is 6.63. The summed E-state index contributed by atoms with van der Waals surface area (Å²) in [5, 5.41) is 0. The summed E-state index contributed by atoms with van der Waals surface area (Å²) in [5.41, 5.74) is 1.48. The van der Waals surface area contributed by atoms with Crippen molar-refractivity contribution in [3.05, 3.63) is 60.2 Å². The van der Waals surface area contributed by atoms with Crippen molar-refractivity contribution in [3.8, 4) is 11.5 Å². The summed E-state index contributed by atoms with van der Waals surface area (Å²) in [6.07, 6.45) is 3.36. The summed E-state index contributed by atoms with van der Waals surface area (Å²) in [4.78, 5) is 4.42. The predicted molar refractivity (Wildman–Crippen MR) is 112 cm³/mol. The molecule has 0 spiro atoms. The molecule has 4 rings (SSSR count). The molecule has 0 aliphatic heterocycles. The van der Waals surface area contributed by atoms with Gasteiger partial charge in [0.1, 0.15) is 39.3 Å². The van der Waals surface area contributed by atoms with E-state index in [1.165, 1.54) is 20.3 Å². The van der Waals surface area contributed by atoms with E-state index >= 15 is 0 Å². The van der Waals surface area contributed by atoms with Gasteiger partial charge in [0.05, 0.1) is 25.9 Å². The van der Waals surface area contributed by atoms with Crippen LogP contribution < -0.4 is 14.2 Å². The fourth-order valence-electron chi connectivity index (χ4n) is 3.14. The third-order valence-electron chi connectivity index (χ3n) is 4.64. The number of rotatable bonds is 7. The number of imidazole rings is 1. The summed E-state index contributed by atoms with van der Waals surface area (Å²) in [5.74, 6) is 1.58. The van der Waals surface area contributed by atoms with E-state index in [2.05, 4.69) is 18.5 Å². The van der Waals surface area contributed by atoms with E-state index in [4.69, 9.17) is 9.47 Å². The lowest BCUT2D eigenvalue weighted by molar-refractivity contribution is 0.392. The second-order valence-electron chi connectivity index (χ2n) is 6.48. The smallest absolute Gasteiger partial charge is 0.243 e. The number of aromatic nitrogens is 4. The fraction of sp³-hybridized carbons (Fsp3) is 0.211. The highest BCUT2D eigenvalue weighted by Crippen LogP contribution is 2.31. The molecule has 1 unspecified atom stereocenters. The Morgan fingerprint density at radius 3 is 2.47 bits per heavy atom. The van der Waals surface area contributed by atoms with Crippen LogP contribution in [0.15, 0.2) is 53.7 Å². The van der Waals surface area contributed by atoms with Crippen LogP contribution in [0.1, 0.15) is 17.4 Å². The van der Waals surface area contributed by atoms with Crippen molar-refractivity contribution in [1.29, 1.82) is 0 Å². The lowest BCUT2D eigenvalue weighted by Crippen LogP contribution is -2.31. The Labute approximate surface area is 177 Å². The normalized spacial score (nSPS) is 12.8. The molecule has 0 fully saturated rings. The summed E-state index contributed by atoms with van der Waals surface area (Å²) in [6.45, 7) is 0. The maximum absolute atomic E-state index is 13.4. The molecule has 0 saturated heterocycles. The maximum atomic E-state index is 13.4. The standard InChI is InChI=1S/C19H19N5O4S2/c1-24-8-7-20-19(24)17(12-9-13(27-2)11-14(10-12)28-3)23-30(25,26)16-6-4-5-15-18(16)22-29-21-15/h4-11,17,23H,1-3H3. The molecule has 2 heterocycles. The van der Waals surface area contributed by atoms with Gasteiger partial charge in [-0.3, -0.25) is 0 Å². The van der Waals surface area contributed by atoms with Crippen LogP contribution in [-0.4, -0.2) is 40.9 Å². The van der Waals surface area contributed by atoms with E-state index in [0.717, 1.165) is 11.7 Å². The Bertz CT molecular complexity index is 1280. The molecule has 1 N–H and O–H groups in total. The molecule has 0 saturated carbocycles. The fourth-order valence-corrected chi connectivity index (χ4v) is 5.09. The van der Waals surface area contributed by atoms with Crippen molar-refractivity contribution >= 4 is 32.8 Å². The number of aryl methyl sites for hydroxylation is 1. The van der Waals surface area contributed by atoms with Crippen LogP contribution in [0, 0.1) is 0 Å². The second-order valence-corrected chi connectivity index (χ2v) is 8.70. The summed E-state index contributed by atoms with van der Waals surface area (Å²) in [6, 6.07) is 9.29. The zero-order valence-corrected chi connectivity index (χ0v) is 18.1. The van der Waals surface area contributed by atoms with Crippen molar-refractivity contribution in [2.75, 3.05) is 14.2 Å². The van der Waals surface area contributed by atoms with Gasteiger partial charge < -0.3 is 14.0 Å². The first-order valence-corrected chi connectivity index (χ1v) is 11.1. The Balaban J connectivity index is 1.84. The molecule has 156 valence electrons. The zero-order valence-electron chi connectivity index (χ0n) is 16.4. The lowest BCUT2D eigenvalue weighted by atomic mass is 10.1. The monoisotopic (exact) mass is 445 g/mol. The van der Waals surface area contributed by atoms with Crippen LogP contribution in [0.4, 0.5) is 0 Å². The average molecular weight is 446 g/mol. The van der Waals surface area contributed by atoms with Gasteiger partial charge in [0.25, 0.3) is 0 Å².